The first-order chi connectivity index (χ1) is 13.1. The first-order valence-corrected chi connectivity index (χ1v) is 8.71. The van der Waals surface area contributed by atoms with Crippen molar-refractivity contribution < 1.29 is 19.1 Å². The highest BCUT2D eigenvalue weighted by atomic mass is 35.5. The van der Waals surface area contributed by atoms with Gasteiger partial charge < -0.3 is 20.1 Å². The largest absolute Gasteiger partial charge is 0.454 e. The molecular weight excluding hydrogens is 370 g/mol. The number of carbonyl (C=O) groups excluding carboxylic acids is 2. The molecule has 8 heteroatoms. The molecule has 1 fully saturated rings. The fourth-order valence-corrected chi connectivity index (χ4v) is 3.16. The molecule has 7 nitrogen and oxygen atoms in total. The van der Waals surface area contributed by atoms with E-state index in [1.54, 1.807) is 47.4 Å². The van der Waals surface area contributed by atoms with Crippen LogP contribution in [0.2, 0.25) is 5.02 Å². The molecule has 0 spiro atoms. The Kier molecular flexibility index (Phi) is 4.60. The van der Waals surface area contributed by atoms with E-state index in [0.717, 1.165) is 11.3 Å². The Morgan fingerprint density at radius 2 is 2.04 bits per heavy atom. The number of nitrogens with zero attached hydrogens (tertiary/aromatic N) is 1. The van der Waals surface area contributed by atoms with Crippen molar-refractivity contribution in [1.82, 2.24) is 5.32 Å². The topological polar surface area (TPSA) is 79.9 Å². The number of ether oxygens (including phenoxy) is 2. The first kappa shape index (κ1) is 17.2. The summed E-state index contributed by atoms with van der Waals surface area (Å²) in [5, 5.41) is 5.96. The van der Waals surface area contributed by atoms with Crippen molar-refractivity contribution in [3.8, 4) is 11.5 Å². The molecule has 0 unspecified atom stereocenters. The number of halogens is 1. The van der Waals surface area contributed by atoms with E-state index >= 15 is 0 Å². The fraction of sp³-hybridized carbons (Fsp3) is 0.158. The number of hydrogen-bond donors (Lipinski definition) is 2. The molecule has 2 aliphatic rings. The average molecular weight is 386 g/mol. The first-order valence-electron chi connectivity index (χ1n) is 8.34. The molecule has 138 valence electrons. The van der Waals surface area contributed by atoms with Gasteiger partial charge in [-0.05, 0) is 48.0 Å². The highest BCUT2D eigenvalue weighted by Crippen LogP contribution is 2.40. The van der Waals surface area contributed by atoms with Crippen molar-refractivity contribution in [2.45, 2.75) is 0 Å². The summed E-state index contributed by atoms with van der Waals surface area (Å²) < 4.78 is 10.6. The van der Waals surface area contributed by atoms with Crippen molar-refractivity contribution in [2.24, 2.45) is 0 Å². The van der Waals surface area contributed by atoms with Gasteiger partial charge in [-0.25, -0.2) is 4.79 Å². The number of urea groups is 1. The Balaban J connectivity index is 1.40. The van der Waals surface area contributed by atoms with E-state index in [9.17, 15) is 9.59 Å². The lowest BCUT2D eigenvalue weighted by Crippen LogP contribution is -2.27. The third kappa shape index (κ3) is 3.68. The Labute approximate surface area is 160 Å². The van der Waals surface area contributed by atoms with E-state index in [4.69, 9.17) is 21.1 Å². The standard InChI is InChI=1S/C19H16ClN3O4/c20-15-9-12(10-16-18(15)27-11-26-16)1-6-17(24)22-13-2-4-14(5-3-13)23-8-7-21-19(23)25/h1-6,9-10H,7-8,11H2,(H,21,25)(H,22,24)/b6-1+. The summed E-state index contributed by atoms with van der Waals surface area (Å²) in [5.74, 6) is 0.796. The molecule has 0 aromatic heterocycles. The van der Waals surface area contributed by atoms with E-state index < -0.39 is 0 Å². The summed E-state index contributed by atoms with van der Waals surface area (Å²) in [6.45, 7) is 1.40. The maximum atomic E-state index is 12.1. The van der Waals surface area contributed by atoms with Gasteiger partial charge in [0.25, 0.3) is 0 Å². The van der Waals surface area contributed by atoms with Crippen LogP contribution in [0.25, 0.3) is 6.08 Å². The molecule has 0 aliphatic carbocycles. The van der Waals surface area contributed by atoms with Crippen LogP contribution in [-0.2, 0) is 4.79 Å². The van der Waals surface area contributed by atoms with Crippen molar-refractivity contribution in [3.05, 3.63) is 53.1 Å². The van der Waals surface area contributed by atoms with E-state index in [2.05, 4.69) is 10.6 Å². The normalized spacial score (nSPS) is 15.3. The predicted octanol–water partition coefficient (Wildman–Crippen LogP) is 3.25. The quantitative estimate of drug-likeness (QED) is 0.792. The van der Waals surface area contributed by atoms with Crippen molar-refractivity contribution in [2.75, 3.05) is 30.1 Å². The molecule has 2 heterocycles. The Morgan fingerprint density at radius 3 is 2.78 bits per heavy atom. The SMILES string of the molecule is O=C(/C=C/c1cc(Cl)c2c(c1)OCO2)Nc1ccc(N2CCNC2=O)cc1. The van der Waals surface area contributed by atoms with Crippen molar-refractivity contribution in [3.63, 3.8) is 0 Å². The molecule has 4 rings (SSSR count). The summed E-state index contributed by atoms with van der Waals surface area (Å²) in [5.41, 5.74) is 2.15. The van der Waals surface area contributed by atoms with Crippen LogP contribution >= 0.6 is 11.6 Å². The highest BCUT2D eigenvalue weighted by molar-refractivity contribution is 6.32. The number of rotatable bonds is 4. The second kappa shape index (κ2) is 7.20. The van der Waals surface area contributed by atoms with Crippen LogP contribution in [0.5, 0.6) is 11.5 Å². The van der Waals surface area contributed by atoms with Crippen molar-refractivity contribution in [1.29, 1.82) is 0 Å². The van der Waals surface area contributed by atoms with Gasteiger partial charge in [-0.15, -0.1) is 0 Å². The number of nitrogens with one attached hydrogen (secondary N) is 2. The number of amides is 3. The van der Waals surface area contributed by atoms with Crippen LogP contribution in [0, 0.1) is 0 Å². The van der Waals surface area contributed by atoms with E-state index in [0.29, 0.717) is 35.3 Å². The number of fused-ring (bicyclic) bond motifs is 1. The van der Waals surface area contributed by atoms with Crippen LogP contribution < -0.4 is 25.0 Å². The summed E-state index contributed by atoms with van der Waals surface area (Å²) in [7, 11) is 0. The van der Waals surface area contributed by atoms with Gasteiger partial charge in [0.05, 0.1) is 5.02 Å². The van der Waals surface area contributed by atoms with Gasteiger partial charge in [0.15, 0.2) is 11.5 Å². The van der Waals surface area contributed by atoms with Gasteiger partial charge in [0.2, 0.25) is 12.7 Å². The third-order valence-corrected chi connectivity index (χ3v) is 4.46. The Morgan fingerprint density at radius 1 is 1.22 bits per heavy atom. The van der Waals surface area contributed by atoms with Crippen LogP contribution in [0.3, 0.4) is 0 Å². The lowest BCUT2D eigenvalue weighted by atomic mass is 10.2. The van der Waals surface area contributed by atoms with Crippen LogP contribution in [0.15, 0.2) is 42.5 Å². The zero-order valence-corrected chi connectivity index (χ0v) is 15.0. The Bertz CT molecular complexity index is 927. The van der Waals surface area contributed by atoms with E-state index in [1.165, 1.54) is 6.08 Å². The maximum absolute atomic E-state index is 12.1. The van der Waals surface area contributed by atoms with E-state index in [1.807, 2.05) is 0 Å². The number of carbonyl (C=O) groups is 2. The molecular formula is C19H16ClN3O4. The second-order valence-corrected chi connectivity index (χ2v) is 6.40. The summed E-state index contributed by atoms with van der Waals surface area (Å²) >= 11 is 6.13. The molecule has 27 heavy (non-hydrogen) atoms. The second-order valence-electron chi connectivity index (χ2n) is 5.99. The zero-order valence-electron chi connectivity index (χ0n) is 14.2. The number of benzene rings is 2. The molecule has 2 aliphatic heterocycles. The molecule has 1 saturated heterocycles. The monoisotopic (exact) mass is 385 g/mol. The van der Waals surface area contributed by atoms with Crippen LogP contribution in [0.4, 0.5) is 16.2 Å². The molecule has 3 amide bonds. The molecule has 0 atom stereocenters. The lowest BCUT2D eigenvalue weighted by Gasteiger charge is -2.14. The average Bonchev–Trinajstić information content (AvgIpc) is 3.30. The van der Waals surface area contributed by atoms with Gasteiger partial charge in [0, 0.05) is 30.5 Å². The van der Waals surface area contributed by atoms with Gasteiger partial charge in [0.1, 0.15) is 0 Å². The van der Waals surface area contributed by atoms with Crippen LogP contribution in [-0.4, -0.2) is 31.8 Å². The van der Waals surface area contributed by atoms with Crippen LogP contribution in [0.1, 0.15) is 5.56 Å². The number of hydrogen-bond acceptors (Lipinski definition) is 4. The molecule has 0 saturated carbocycles. The minimum atomic E-state index is -0.282. The highest BCUT2D eigenvalue weighted by Gasteiger charge is 2.21. The minimum absolute atomic E-state index is 0.114. The van der Waals surface area contributed by atoms with Gasteiger partial charge in [-0.3, -0.25) is 9.69 Å². The molecule has 2 aromatic carbocycles. The van der Waals surface area contributed by atoms with Gasteiger partial charge >= 0.3 is 6.03 Å². The number of anilines is 2. The zero-order chi connectivity index (χ0) is 18.8. The lowest BCUT2D eigenvalue weighted by molar-refractivity contribution is -0.111. The van der Waals surface area contributed by atoms with Gasteiger partial charge in [-0.2, -0.15) is 0 Å². The molecule has 0 bridgehead atoms. The van der Waals surface area contributed by atoms with Gasteiger partial charge in [-0.1, -0.05) is 11.6 Å². The van der Waals surface area contributed by atoms with E-state index in [-0.39, 0.29) is 18.7 Å². The molecule has 2 N–H and O–H groups in total. The predicted molar refractivity (Wildman–Crippen MR) is 102 cm³/mol. The maximum Gasteiger partial charge on any atom is 0.321 e. The smallest absolute Gasteiger partial charge is 0.321 e. The summed E-state index contributed by atoms with van der Waals surface area (Å²) in [4.78, 5) is 25.4. The summed E-state index contributed by atoms with van der Waals surface area (Å²) in [6, 6.07) is 10.4. The molecule has 2 aromatic rings. The summed E-state index contributed by atoms with van der Waals surface area (Å²) in [6.07, 6.45) is 3.06. The third-order valence-electron chi connectivity index (χ3n) is 4.18. The fourth-order valence-electron chi connectivity index (χ4n) is 2.88. The molecule has 0 radical (unpaired) electrons. The Hall–Kier alpha value is -3.19. The minimum Gasteiger partial charge on any atom is -0.454 e. The van der Waals surface area contributed by atoms with Crippen molar-refractivity contribution >= 4 is 41.0 Å².